The third-order valence-electron chi connectivity index (χ3n) is 3.86. The van der Waals surface area contributed by atoms with Gasteiger partial charge in [-0.2, -0.15) is 0 Å². The van der Waals surface area contributed by atoms with E-state index in [1.807, 2.05) is 0 Å². The molecule has 0 aliphatic rings. The van der Waals surface area contributed by atoms with Crippen molar-refractivity contribution in [3.8, 4) is 0 Å². The molecule has 0 aromatic heterocycles. The number of aryl methyl sites for hydroxylation is 2. The van der Waals surface area contributed by atoms with Gasteiger partial charge in [0.2, 0.25) is 0 Å². The van der Waals surface area contributed by atoms with E-state index in [0.717, 1.165) is 25.9 Å². The normalized spacial score (nSPS) is 11.2. The zero-order chi connectivity index (χ0) is 14.1. The third-order valence-corrected chi connectivity index (χ3v) is 3.86. The van der Waals surface area contributed by atoms with Crippen LogP contribution in [0.25, 0.3) is 0 Å². The fraction of sp³-hybridized carbons (Fsp3) is 0.667. The summed E-state index contributed by atoms with van der Waals surface area (Å²) in [7, 11) is 0. The number of hydrogen-bond acceptors (Lipinski definition) is 1. The number of hydrogen-bond donors (Lipinski definition) is 0. The standard InChI is InChI=1S/C18H31N/c1-5-9-10-11-19(8-4)15-18-13-16(6-2)12-17(7-3)14-18/h12-14H,5-11,15H2,1-4H3. The van der Waals surface area contributed by atoms with Crippen molar-refractivity contribution in [3.05, 3.63) is 34.9 Å². The molecule has 0 amide bonds. The van der Waals surface area contributed by atoms with E-state index in [4.69, 9.17) is 0 Å². The summed E-state index contributed by atoms with van der Waals surface area (Å²) in [5, 5.41) is 0. The molecular weight excluding hydrogens is 230 g/mol. The fourth-order valence-electron chi connectivity index (χ4n) is 2.53. The van der Waals surface area contributed by atoms with Crippen LogP contribution in [0, 0.1) is 0 Å². The molecule has 0 atom stereocenters. The van der Waals surface area contributed by atoms with Crippen LogP contribution in [-0.2, 0) is 19.4 Å². The van der Waals surface area contributed by atoms with Gasteiger partial charge in [0.1, 0.15) is 0 Å². The number of unbranched alkanes of at least 4 members (excludes halogenated alkanes) is 2. The van der Waals surface area contributed by atoms with Gasteiger partial charge < -0.3 is 0 Å². The summed E-state index contributed by atoms with van der Waals surface area (Å²) in [6.45, 7) is 12.5. The molecule has 1 nitrogen and oxygen atoms in total. The average Bonchev–Trinajstić information content (AvgIpc) is 2.45. The van der Waals surface area contributed by atoms with E-state index in [9.17, 15) is 0 Å². The molecule has 108 valence electrons. The second-order valence-corrected chi connectivity index (χ2v) is 5.44. The Balaban J connectivity index is 2.67. The summed E-state index contributed by atoms with van der Waals surface area (Å²) < 4.78 is 0. The van der Waals surface area contributed by atoms with Gasteiger partial charge in [-0.25, -0.2) is 0 Å². The fourth-order valence-corrected chi connectivity index (χ4v) is 2.53. The third kappa shape index (κ3) is 5.78. The van der Waals surface area contributed by atoms with Gasteiger partial charge in [0.25, 0.3) is 0 Å². The molecule has 1 aromatic rings. The highest BCUT2D eigenvalue weighted by molar-refractivity contribution is 5.30. The van der Waals surface area contributed by atoms with Gasteiger partial charge >= 0.3 is 0 Å². The van der Waals surface area contributed by atoms with Gasteiger partial charge in [-0.05, 0) is 49.0 Å². The van der Waals surface area contributed by atoms with Gasteiger partial charge in [0, 0.05) is 6.54 Å². The predicted molar refractivity (Wildman–Crippen MR) is 85.7 cm³/mol. The minimum Gasteiger partial charge on any atom is -0.299 e. The SMILES string of the molecule is CCCCCN(CC)Cc1cc(CC)cc(CC)c1. The van der Waals surface area contributed by atoms with Gasteiger partial charge in [-0.3, -0.25) is 4.90 Å². The van der Waals surface area contributed by atoms with Crippen molar-refractivity contribution in [2.45, 2.75) is 66.3 Å². The molecule has 0 aliphatic carbocycles. The number of rotatable bonds is 9. The van der Waals surface area contributed by atoms with Crippen LogP contribution in [0.5, 0.6) is 0 Å². The van der Waals surface area contributed by atoms with Gasteiger partial charge in [0.05, 0.1) is 0 Å². The molecule has 0 aliphatic heterocycles. The molecule has 19 heavy (non-hydrogen) atoms. The first-order valence-corrected chi connectivity index (χ1v) is 8.07. The van der Waals surface area contributed by atoms with Crippen molar-refractivity contribution < 1.29 is 0 Å². The first-order chi connectivity index (χ1) is 9.23. The van der Waals surface area contributed by atoms with Crippen molar-refractivity contribution in [2.75, 3.05) is 13.1 Å². The van der Waals surface area contributed by atoms with Crippen LogP contribution in [0.3, 0.4) is 0 Å². The van der Waals surface area contributed by atoms with E-state index in [0.29, 0.717) is 0 Å². The maximum atomic E-state index is 2.57. The molecule has 0 radical (unpaired) electrons. The molecule has 0 heterocycles. The van der Waals surface area contributed by atoms with E-state index >= 15 is 0 Å². The quantitative estimate of drug-likeness (QED) is 0.576. The van der Waals surface area contributed by atoms with E-state index < -0.39 is 0 Å². The largest absolute Gasteiger partial charge is 0.299 e. The molecule has 0 unspecified atom stereocenters. The van der Waals surface area contributed by atoms with E-state index in [-0.39, 0.29) is 0 Å². The van der Waals surface area contributed by atoms with E-state index in [2.05, 4.69) is 50.8 Å². The molecule has 0 saturated heterocycles. The van der Waals surface area contributed by atoms with Crippen LogP contribution in [0.1, 0.15) is 63.6 Å². The summed E-state index contributed by atoms with van der Waals surface area (Å²) in [5.74, 6) is 0. The van der Waals surface area contributed by atoms with Crippen molar-refractivity contribution in [1.29, 1.82) is 0 Å². The highest BCUT2D eigenvalue weighted by Crippen LogP contribution is 2.14. The van der Waals surface area contributed by atoms with Crippen molar-refractivity contribution >= 4 is 0 Å². The highest BCUT2D eigenvalue weighted by Gasteiger charge is 2.05. The molecule has 1 heteroatoms. The van der Waals surface area contributed by atoms with Gasteiger partial charge in [-0.1, -0.05) is 58.7 Å². The second-order valence-electron chi connectivity index (χ2n) is 5.44. The summed E-state index contributed by atoms with van der Waals surface area (Å²) >= 11 is 0. The Labute approximate surface area is 120 Å². The zero-order valence-corrected chi connectivity index (χ0v) is 13.3. The second kappa shape index (κ2) is 9.14. The topological polar surface area (TPSA) is 3.24 Å². The van der Waals surface area contributed by atoms with Crippen molar-refractivity contribution in [2.24, 2.45) is 0 Å². The summed E-state index contributed by atoms with van der Waals surface area (Å²) in [5.41, 5.74) is 4.47. The molecule has 1 aromatic carbocycles. The molecule has 0 spiro atoms. The zero-order valence-electron chi connectivity index (χ0n) is 13.3. The minimum absolute atomic E-state index is 1.11. The Kier molecular flexibility index (Phi) is 7.81. The lowest BCUT2D eigenvalue weighted by molar-refractivity contribution is 0.273. The highest BCUT2D eigenvalue weighted by atomic mass is 15.1. The molecular formula is C18H31N. The van der Waals surface area contributed by atoms with Gasteiger partial charge in [0.15, 0.2) is 0 Å². The Morgan fingerprint density at radius 1 is 0.789 bits per heavy atom. The molecule has 1 rings (SSSR count). The van der Waals surface area contributed by atoms with Crippen LogP contribution < -0.4 is 0 Å². The number of nitrogens with zero attached hydrogens (tertiary/aromatic N) is 1. The number of benzene rings is 1. The lowest BCUT2D eigenvalue weighted by atomic mass is 10.0. The maximum Gasteiger partial charge on any atom is 0.0233 e. The average molecular weight is 261 g/mol. The molecule has 0 saturated carbocycles. The maximum absolute atomic E-state index is 2.57. The predicted octanol–water partition coefficient (Wildman–Crippen LogP) is 4.82. The van der Waals surface area contributed by atoms with E-state index in [1.54, 1.807) is 0 Å². The minimum atomic E-state index is 1.11. The Morgan fingerprint density at radius 2 is 1.37 bits per heavy atom. The Morgan fingerprint density at radius 3 is 1.84 bits per heavy atom. The van der Waals surface area contributed by atoms with Crippen LogP contribution in [-0.4, -0.2) is 18.0 Å². The Hall–Kier alpha value is -0.820. The summed E-state index contributed by atoms with van der Waals surface area (Å²) in [6, 6.07) is 7.14. The van der Waals surface area contributed by atoms with Crippen LogP contribution >= 0.6 is 0 Å². The van der Waals surface area contributed by atoms with Crippen LogP contribution in [0.4, 0.5) is 0 Å². The molecule has 0 fully saturated rings. The van der Waals surface area contributed by atoms with Crippen LogP contribution in [0.2, 0.25) is 0 Å². The molecule has 0 N–H and O–H groups in total. The smallest absolute Gasteiger partial charge is 0.0233 e. The van der Waals surface area contributed by atoms with E-state index in [1.165, 1.54) is 42.5 Å². The summed E-state index contributed by atoms with van der Waals surface area (Å²) in [4.78, 5) is 2.57. The molecule has 0 bridgehead atoms. The first kappa shape index (κ1) is 16.2. The monoisotopic (exact) mass is 261 g/mol. The van der Waals surface area contributed by atoms with Crippen molar-refractivity contribution in [1.82, 2.24) is 4.90 Å². The Bertz CT molecular complexity index is 334. The van der Waals surface area contributed by atoms with Gasteiger partial charge in [-0.15, -0.1) is 0 Å². The first-order valence-electron chi connectivity index (χ1n) is 8.07. The lowest BCUT2D eigenvalue weighted by Gasteiger charge is -2.21. The summed E-state index contributed by atoms with van der Waals surface area (Å²) in [6.07, 6.45) is 6.28. The van der Waals surface area contributed by atoms with Crippen LogP contribution in [0.15, 0.2) is 18.2 Å². The lowest BCUT2D eigenvalue weighted by Crippen LogP contribution is -2.24. The van der Waals surface area contributed by atoms with Crippen molar-refractivity contribution in [3.63, 3.8) is 0 Å².